The van der Waals surface area contributed by atoms with Crippen LogP contribution < -0.4 is 14.5 Å². The van der Waals surface area contributed by atoms with Gasteiger partial charge in [-0.25, -0.2) is 4.90 Å². The second-order valence-electron chi connectivity index (χ2n) is 10.3. The van der Waals surface area contributed by atoms with Crippen molar-refractivity contribution in [2.75, 3.05) is 16.3 Å². The lowest BCUT2D eigenvalue weighted by atomic mass is 9.76. The van der Waals surface area contributed by atoms with Crippen LogP contribution in [0.15, 0.2) is 42.5 Å². The molecule has 1 aliphatic carbocycles. The normalized spacial score (nSPS) is 26.3. The zero-order valence-electron chi connectivity index (χ0n) is 20.3. The van der Waals surface area contributed by atoms with Gasteiger partial charge in [0.1, 0.15) is 5.75 Å². The summed E-state index contributed by atoms with van der Waals surface area (Å²) >= 11 is 0. The maximum atomic E-state index is 13.1. The van der Waals surface area contributed by atoms with Crippen LogP contribution in [-0.2, 0) is 19.2 Å². The number of hydrogen-bond acceptors (Lipinski definition) is 5. The Morgan fingerprint density at radius 3 is 2.54 bits per heavy atom. The minimum absolute atomic E-state index is 0.0799. The van der Waals surface area contributed by atoms with Gasteiger partial charge < -0.3 is 9.64 Å². The monoisotopic (exact) mass is 474 g/mol. The van der Waals surface area contributed by atoms with Crippen molar-refractivity contribution < 1.29 is 23.9 Å². The largest absolute Gasteiger partial charge is 0.426 e. The second-order valence-corrected chi connectivity index (χ2v) is 10.3. The molecule has 0 radical (unpaired) electrons. The quantitative estimate of drug-likeness (QED) is 0.377. The number of rotatable bonds is 4. The first-order valence-electron chi connectivity index (χ1n) is 12.3. The molecule has 5 rings (SSSR count). The predicted octanol–water partition coefficient (Wildman–Crippen LogP) is 4.19. The van der Waals surface area contributed by atoms with E-state index in [2.05, 4.69) is 6.92 Å². The lowest BCUT2D eigenvalue weighted by Gasteiger charge is -2.25. The van der Waals surface area contributed by atoms with Gasteiger partial charge in [-0.3, -0.25) is 19.2 Å². The fourth-order valence-corrected chi connectivity index (χ4v) is 5.64. The average Bonchev–Trinajstić information content (AvgIpc) is 3.33. The van der Waals surface area contributed by atoms with Crippen LogP contribution in [0, 0.1) is 37.5 Å². The van der Waals surface area contributed by atoms with Gasteiger partial charge in [0.2, 0.25) is 17.7 Å². The number of fused-ring (bicyclic) bond motifs is 1. The molecule has 2 heterocycles. The number of anilines is 2. The number of nitrogens with zero attached hydrogens (tertiary/aromatic N) is 2. The van der Waals surface area contributed by atoms with Crippen molar-refractivity contribution in [1.82, 2.24) is 0 Å². The van der Waals surface area contributed by atoms with E-state index < -0.39 is 11.9 Å². The number of benzene rings is 2. The minimum atomic E-state index is -0.592. The van der Waals surface area contributed by atoms with Crippen molar-refractivity contribution >= 4 is 35.1 Å². The summed E-state index contributed by atoms with van der Waals surface area (Å²) in [5, 5.41) is 0. The summed E-state index contributed by atoms with van der Waals surface area (Å²) in [6, 6.07) is 12.5. The Labute approximate surface area is 205 Å². The van der Waals surface area contributed by atoms with Crippen LogP contribution in [0.1, 0.15) is 43.7 Å². The van der Waals surface area contributed by atoms with Gasteiger partial charge in [0.25, 0.3) is 0 Å². The van der Waals surface area contributed by atoms with Gasteiger partial charge in [-0.15, -0.1) is 0 Å². The molecule has 3 amide bonds. The van der Waals surface area contributed by atoms with Gasteiger partial charge in [0.15, 0.2) is 0 Å². The molecule has 4 atom stereocenters. The maximum Gasteiger partial charge on any atom is 0.316 e. The Morgan fingerprint density at radius 2 is 1.74 bits per heavy atom. The maximum absolute atomic E-state index is 13.1. The molecule has 3 fully saturated rings. The van der Waals surface area contributed by atoms with Gasteiger partial charge in [-0.05, 0) is 68.4 Å². The van der Waals surface area contributed by atoms with Crippen molar-refractivity contribution in [3.05, 3.63) is 53.6 Å². The van der Waals surface area contributed by atoms with Crippen LogP contribution in [0.5, 0.6) is 5.75 Å². The third-order valence-electron chi connectivity index (χ3n) is 7.60. The summed E-state index contributed by atoms with van der Waals surface area (Å²) in [4.78, 5) is 54.6. The molecule has 35 heavy (non-hydrogen) atoms. The highest BCUT2D eigenvalue weighted by Crippen LogP contribution is 2.42. The highest BCUT2D eigenvalue weighted by Gasteiger charge is 2.50. The summed E-state index contributed by atoms with van der Waals surface area (Å²) in [7, 11) is 0. The van der Waals surface area contributed by atoms with Crippen LogP contribution in [0.2, 0.25) is 0 Å². The number of hydrogen-bond donors (Lipinski definition) is 0. The molecule has 2 saturated heterocycles. The summed E-state index contributed by atoms with van der Waals surface area (Å²) in [6.45, 7) is 6.28. The summed E-state index contributed by atoms with van der Waals surface area (Å²) < 4.78 is 5.62. The van der Waals surface area contributed by atoms with E-state index in [1.807, 2.05) is 32.0 Å². The first kappa shape index (κ1) is 23.3. The fraction of sp³-hybridized carbons (Fsp3) is 0.429. The highest BCUT2D eigenvalue weighted by molar-refractivity contribution is 6.22. The van der Waals surface area contributed by atoms with Crippen LogP contribution in [0.4, 0.5) is 11.4 Å². The molecule has 7 heteroatoms. The van der Waals surface area contributed by atoms with E-state index in [9.17, 15) is 19.2 Å². The van der Waals surface area contributed by atoms with Crippen molar-refractivity contribution in [2.24, 2.45) is 23.7 Å². The van der Waals surface area contributed by atoms with E-state index in [1.54, 1.807) is 29.2 Å². The number of aryl methyl sites for hydroxylation is 2. The SMILES string of the molecule is Cc1ccc(C)c(N2C[C@H](C(=O)Oc3cccc(N4C(=O)[C@H]5C[C@H](C)CC[C@H]5C4=O)c3)CC2=O)c1. The van der Waals surface area contributed by atoms with E-state index >= 15 is 0 Å². The van der Waals surface area contributed by atoms with Crippen LogP contribution in [0.25, 0.3) is 0 Å². The van der Waals surface area contributed by atoms with Gasteiger partial charge in [-0.1, -0.05) is 25.1 Å². The molecule has 0 aromatic heterocycles. The molecule has 2 aromatic rings. The van der Waals surface area contributed by atoms with Crippen molar-refractivity contribution in [2.45, 2.75) is 46.5 Å². The topological polar surface area (TPSA) is 84.0 Å². The third kappa shape index (κ3) is 4.24. The van der Waals surface area contributed by atoms with E-state index in [0.717, 1.165) is 36.1 Å². The Kier molecular flexibility index (Phi) is 5.95. The van der Waals surface area contributed by atoms with Gasteiger partial charge in [-0.2, -0.15) is 0 Å². The van der Waals surface area contributed by atoms with Crippen LogP contribution in [0.3, 0.4) is 0 Å². The van der Waals surface area contributed by atoms with Gasteiger partial charge in [0, 0.05) is 24.7 Å². The average molecular weight is 475 g/mol. The molecule has 2 aliphatic heterocycles. The van der Waals surface area contributed by atoms with Crippen molar-refractivity contribution in [1.29, 1.82) is 0 Å². The number of imide groups is 1. The molecule has 2 aromatic carbocycles. The first-order valence-corrected chi connectivity index (χ1v) is 12.3. The standard InChI is InChI=1S/C28H30N2O5/c1-16-8-10-22-23(11-16)27(33)30(26(22)32)20-5-4-6-21(14-20)35-28(34)19-13-25(31)29(15-19)24-12-17(2)7-9-18(24)3/h4-7,9,12,14,16,19,22-23H,8,10-11,13,15H2,1-3H3/t16-,19-,22-,23+/m1/s1. The van der Waals surface area contributed by atoms with E-state index in [4.69, 9.17) is 4.74 Å². The first-order chi connectivity index (χ1) is 16.7. The molecule has 3 aliphatic rings. The number of carbonyl (C=O) groups excluding carboxylic acids is 4. The van der Waals surface area contributed by atoms with Crippen molar-refractivity contribution in [3.8, 4) is 5.75 Å². The zero-order valence-corrected chi connectivity index (χ0v) is 20.3. The Hall–Kier alpha value is -3.48. The Morgan fingerprint density at radius 1 is 0.971 bits per heavy atom. The van der Waals surface area contributed by atoms with Crippen LogP contribution in [-0.4, -0.2) is 30.2 Å². The lowest BCUT2D eigenvalue weighted by molar-refractivity contribution is -0.139. The second kappa shape index (κ2) is 8.95. The molecule has 0 bridgehead atoms. The molecular weight excluding hydrogens is 444 g/mol. The summed E-state index contributed by atoms with van der Waals surface area (Å²) in [5.74, 6) is -1.37. The Bertz CT molecular complexity index is 1220. The Balaban J connectivity index is 1.30. The molecule has 0 N–H and O–H groups in total. The van der Waals surface area contributed by atoms with Crippen LogP contribution >= 0.6 is 0 Å². The van der Waals surface area contributed by atoms with E-state index in [1.165, 1.54) is 4.90 Å². The molecule has 7 nitrogen and oxygen atoms in total. The summed E-state index contributed by atoms with van der Waals surface area (Å²) in [6.07, 6.45) is 2.49. The predicted molar refractivity (Wildman–Crippen MR) is 131 cm³/mol. The number of esters is 1. The highest BCUT2D eigenvalue weighted by atomic mass is 16.5. The van der Waals surface area contributed by atoms with E-state index in [-0.39, 0.29) is 48.3 Å². The molecule has 182 valence electrons. The summed E-state index contributed by atoms with van der Waals surface area (Å²) in [5.41, 5.74) is 3.25. The lowest BCUT2D eigenvalue weighted by Crippen LogP contribution is -2.31. The minimum Gasteiger partial charge on any atom is -0.426 e. The molecule has 1 saturated carbocycles. The molecule has 0 spiro atoms. The van der Waals surface area contributed by atoms with E-state index in [0.29, 0.717) is 11.6 Å². The van der Waals surface area contributed by atoms with Gasteiger partial charge in [0.05, 0.1) is 23.4 Å². The smallest absolute Gasteiger partial charge is 0.316 e. The number of amides is 3. The zero-order chi connectivity index (χ0) is 24.9. The fourth-order valence-electron chi connectivity index (χ4n) is 5.64. The number of carbonyl (C=O) groups is 4. The number of ether oxygens (including phenoxy) is 1. The molecule has 0 unspecified atom stereocenters. The molecular formula is C28H30N2O5. The van der Waals surface area contributed by atoms with Crippen molar-refractivity contribution in [3.63, 3.8) is 0 Å². The third-order valence-corrected chi connectivity index (χ3v) is 7.60. The van der Waals surface area contributed by atoms with Gasteiger partial charge >= 0.3 is 5.97 Å².